The number of carbonyl (C=O) groups is 3. The maximum Gasteiger partial charge on any atom is 0.416 e. The van der Waals surface area contributed by atoms with Crippen molar-refractivity contribution in [3.8, 4) is 0 Å². The van der Waals surface area contributed by atoms with Crippen molar-refractivity contribution in [1.29, 1.82) is 0 Å². The monoisotopic (exact) mass is 386 g/mol. The number of nitrogens with two attached hydrogens (primary N) is 1. The van der Waals surface area contributed by atoms with E-state index in [1.54, 1.807) is 0 Å². The first-order valence-electron chi connectivity index (χ1n) is 8.07. The summed E-state index contributed by atoms with van der Waals surface area (Å²) in [4.78, 5) is 35.7. The first-order chi connectivity index (χ1) is 12.3. The Bertz CT molecular complexity index is 825. The highest BCUT2D eigenvalue weighted by Gasteiger charge is 2.83. The molecule has 2 saturated carbocycles. The summed E-state index contributed by atoms with van der Waals surface area (Å²) in [5.74, 6) is -6.08. The van der Waals surface area contributed by atoms with Crippen molar-refractivity contribution in [2.75, 3.05) is 5.32 Å². The van der Waals surface area contributed by atoms with Gasteiger partial charge < -0.3 is 21.3 Å². The summed E-state index contributed by atoms with van der Waals surface area (Å²) >= 11 is 0. The minimum atomic E-state index is -4.51. The fourth-order valence-electron chi connectivity index (χ4n) is 4.43. The maximum absolute atomic E-state index is 12.6. The zero-order valence-corrected chi connectivity index (χ0v) is 14.1. The first kappa shape index (κ1) is 19.2. The number of anilines is 1. The molecule has 0 saturated heterocycles. The van der Waals surface area contributed by atoms with Gasteiger partial charge in [0, 0.05) is 17.0 Å². The lowest BCUT2D eigenvalue weighted by atomic mass is 9.80. The van der Waals surface area contributed by atoms with Crippen LogP contribution in [0.3, 0.4) is 0 Å². The summed E-state index contributed by atoms with van der Waals surface area (Å²) in [5, 5.41) is 21.2. The highest BCUT2D eigenvalue weighted by atomic mass is 19.4. The molecule has 27 heavy (non-hydrogen) atoms. The molecule has 0 heterocycles. The number of benzene rings is 1. The zero-order valence-electron chi connectivity index (χ0n) is 14.1. The van der Waals surface area contributed by atoms with Gasteiger partial charge in [-0.25, -0.2) is 0 Å². The minimum Gasteiger partial charge on any atom is -0.481 e. The number of carbonyl (C=O) groups excluding carboxylic acids is 1. The van der Waals surface area contributed by atoms with Crippen molar-refractivity contribution in [3.63, 3.8) is 0 Å². The Morgan fingerprint density at radius 3 is 2.19 bits per heavy atom. The summed E-state index contributed by atoms with van der Waals surface area (Å²) in [5.41, 5.74) is 2.04. The smallest absolute Gasteiger partial charge is 0.416 e. The predicted molar refractivity (Wildman–Crippen MR) is 85.5 cm³/mol. The number of carboxylic acids is 2. The summed E-state index contributed by atoms with van der Waals surface area (Å²) in [6.45, 7) is 1.44. The second-order valence-electron chi connectivity index (χ2n) is 7.28. The number of carboxylic acid groups (broad SMARTS) is 2. The van der Waals surface area contributed by atoms with Crippen LogP contribution in [-0.2, 0) is 20.6 Å². The molecule has 7 nitrogen and oxygen atoms in total. The van der Waals surface area contributed by atoms with Crippen LogP contribution in [0.1, 0.15) is 18.9 Å². The lowest BCUT2D eigenvalue weighted by Gasteiger charge is -2.29. The zero-order chi connectivity index (χ0) is 20.4. The second kappa shape index (κ2) is 5.69. The average Bonchev–Trinajstić information content (AvgIpc) is 3.11. The number of fused-ring (bicyclic) bond motifs is 1. The summed E-state index contributed by atoms with van der Waals surface area (Å²) in [7, 11) is 0. The van der Waals surface area contributed by atoms with Crippen LogP contribution in [0.25, 0.3) is 0 Å². The molecule has 10 heteroatoms. The number of halogens is 3. The first-order valence-corrected chi connectivity index (χ1v) is 8.07. The lowest BCUT2D eigenvalue weighted by molar-refractivity contribution is -0.148. The quantitative estimate of drug-likeness (QED) is 0.624. The Balaban J connectivity index is 1.81. The lowest BCUT2D eigenvalue weighted by Crippen LogP contribution is -2.55. The van der Waals surface area contributed by atoms with Crippen LogP contribution in [0.15, 0.2) is 24.3 Å². The largest absolute Gasteiger partial charge is 0.481 e. The molecule has 2 aliphatic carbocycles. The van der Waals surface area contributed by atoms with Gasteiger partial charge in [0.25, 0.3) is 0 Å². The number of hydrogen-bond donors (Lipinski definition) is 4. The van der Waals surface area contributed by atoms with Crippen LogP contribution in [0, 0.1) is 23.2 Å². The van der Waals surface area contributed by atoms with E-state index in [1.807, 2.05) is 0 Å². The minimum absolute atomic E-state index is 0.0899. The van der Waals surface area contributed by atoms with Crippen molar-refractivity contribution >= 4 is 23.5 Å². The van der Waals surface area contributed by atoms with Crippen LogP contribution in [0.5, 0.6) is 0 Å². The molecule has 2 aliphatic rings. The molecule has 3 rings (SSSR count). The number of rotatable bonds is 4. The van der Waals surface area contributed by atoms with E-state index in [2.05, 4.69) is 5.32 Å². The van der Waals surface area contributed by atoms with Gasteiger partial charge in [-0.2, -0.15) is 13.2 Å². The van der Waals surface area contributed by atoms with Gasteiger partial charge in [0.1, 0.15) is 5.54 Å². The molecule has 5 unspecified atom stereocenters. The van der Waals surface area contributed by atoms with Gasteiger partial charge in [-0.3, -0.25) is 14.4 Å². The van der Waals surface area contributed by atoms with Crippen molar-refractivity contribution in [2.45, 2.75) is 25.1 Å². The number of hydrogen-bond acceptors (Lipinski definition) is 4. The molecule has 146 valence electrons. The Hall–Kier alpha value is -2.62. The standard InChI is InChI=1S/C17H17F3N2O5/c1-15-10(11(15)13(24)25)9(6-16(15,21)14(26)27)12(23)22-8-4-2-7(3-5-8)17(18,19)20/h2-5,9-11H,6,21H2,1H3,(H,22,23)(H,24,25)(H,26,27). The molecule has 0 aromatic heterocycles. The van der Waals surface area contributed by atoms with Crippen molar-refractivity contribution < 1.29 is 37.8 Å². The van der Waals surface area contributed by atoms with Crippen LogP contribution < -0.4 is 11.1 Å². The van der Waals surface area contributed by atoms with Crippen molar-refractivity contribution in [1.82, 2.24) is 0 Å². The maximum atomic E-state index is 12.6. The van der Waals surface area contributed by atoms with Crippen LogP contribution in [0.2, 0.25) is 0 Å². The van der Waals surface area contributed by atoms with E-state index in [9.17, 15) is 37.8 Å². The second-order valence-corrected chi connectivity index (χ2v) is 7.28. The third-order valence-electron chi connectivity index (χ3n) is 5.99. The molecule has 0 bridgehead atoms. The number of alkyl halides is 3. The Kier molecular flexibility index (Phi) is 4.03. The van der Waals surface area contributed by atoms with E-state index in [1.165, 1.54) is 6.92 Å². The SMILES string of the molecule is CC12C(C(=O)O)C1C(C(=O)Nc1ccc(C(F)(F)F)cc1)CC2(N)C(=O)O. The van der Waals surface area contributed by atoms with Gasteiger partial charge in [-0.1, -0.05) is 6.92 Å². The Morgan fingerprint density at radius 1 is 1.19 bits per heavy atom. The van der Waals surface area contributed by atoms with E-state index in [-0.39, 0.29) is 12.1 Å². The number of aliphatic carboxylic acids is 2. The highest BCUT2D eigenvalue weighted by Crippen LogP contribution is 2.73. The van der Waals surface area contributed by atoms with Gasteiger partial charge in [0.15, 0.2) is 0 Å². The van der Waals surface area contributed by atoms with Gasteiger partial charge in [0.2, 0.25) is 5.91 Å². The normalized spacial score (nSPS) is 34.6. The molecule has 5 N–H and O–H groups in total. The van der Waals surface area contributed by atoms with Gasteiger partial charge in [-0.05, 0) is 36.6 Å². The fraction of sp³-hybridized carbons (Fsp3) is 0.471. The van der Waals surface area contributed by atoms with Crippen molar-refractivity contribution in [2.24, 2.45) is 28.9 Å². The average molecular weight is 386 g/mol. The number of nitrogens with one attached hydrogen (secondary N) is 1. The third kappa shape index (κ3) is 2.66. The van der Waals surface area contributed by atoms with Gasteiger partial charge in [-0.15, -0.1) is 0 Å². The summed E-state index contributed by atoms with van der Waals surface area (Å²) < 4.78 is 37.8. The van der Waals surface area contributed by atoms with E-state index < -0.39 is 58.3 Å². The van der Waals surface area contributed by atoms with E-state index >= 15 is 0 Å². The third-order valence-corrected chi connectivity index (χ3v) is 5.99. The van der Waals surface area contributed by atoms with Crippen LogP contribution in [0.4, 0.5) is 18.9 Å². The Labute approximate surface area is 151 Å². The molecule has 5 atom stereocenters. The molecule has 0 radical (unpaired) electrons. The molecular formula is C17H17F3N2O5. The van der Waals surface area contributed by atoms with E-state index in [4.69, 9.17) is 5.73 Å². The molecule has 0 spiro atoms. The van der Waals surface area contributed by atoms with Crippen LogP contribution >= 0.6 is 0 Å². The molecule has 1 aromatic carbocycles. The molecule has 1 amide bonds. The van der Waals surface area contributed by atoms with Gasteiger partial charge in [0.05, 0.1) is 11.5 Å². The molecular weight excluding hydrogens is 369 g/mol. The van der Waals surface area contributed by atoms with Crippen molar-refractivity contribution in [3.05, 3.63) is 29.8 Å². The fourth-order valence-corrected chi connectivity index (χ4v) is 4.43. The Morgan fingerprint density at radius 2 is 1.74 bits per heavy atom. The van der Waals surface area contributed by atoms with Gasteiger partial charge >= 0.3 is 18.1 Å². The summed E-state index contributed by atoms with van der Waals surface area (Å²) in [6.07, 6.45) is -4.76. The summed E-state index contributed by atoms with van der Waals surface area (Å²) in [6, 6.07) is 3.75. The molecule has 1 aromatic rings. The predicted octanol–water partition coefficient (Wildman–Crippen LogP) is 1.78. The van der Waals surface area contributed by atoms with Crippen LogP contribution in [-0.4, -0.2) is 33.6 Å². The van der Waals surface area contributed by atoms with E-state index in [0.717, 1.165) is 24.3 Å². The topological polar surface area (TPSA) is 130 Å². The molecule has 2 fully saturated rings. The van der Waals surface area contributed by atoms with E-state index in [0.29, 0.717) is 0 Å². The number of amides is 1. The molecule has 0 aliphatic heterocycles. The highest BCUT2D eigenvalue weighted by molar-refractivity contribution is 5.97.